The molecule has 0 radical (unpaired) electrons. The van der Waals surface area contributed by atoms with Crippen LogP contribution in [0.1, 0.15) is 20.3 Å². The molecule has 4 heteroatoms. The summed E-state index contributed by atoms with van der Waals surface area (Å²) in [6, 6.07) is 9.21. The van der Waals surface area contributed by atoms with Crippen LogP contribution in [0, 0.1) is 5.92 Å². The van der Waals surface area contributed by atoms with Gasteiger partial charge in [-0.3, -0.25) is 9.78 Å². The molecule has 2 rings (SSSR count). The smallest absolute Gasteiger partial charge is 0.241 e. The Morgan fingerprint density at radius 3 is 2.84 bits per heavy atom. The second-order valence-electron chi connectivity index (χ2n) is 5.14. The maximum Gasteiger partial charge on any atom is 0.241 e. The number of fused-ring (bicyclic) bond motifs is 1. The number of nitrogens with two attached hydrogens (primary N) is 1. The summed E-state index contributed by atoms with van der Waals surface area (Å²) < 4.78 is 0. The van der Waals surface area contributed by atoms with Crippen molar-refractivity contribution in [2.75, 3.05) is 5.32 Å². The molecule has 1 aromatic carbocycles. The van der Waals surface area contributed by atoms with Crippen molar-refractivity contribution < 1.29 is 4.79 Å². The van der Waals surface area contributed by atoms with Gasteiger partial charge in [-0.05, 0) is 24.5 Å². The molecule has 0 spiro atoms. The van der Waals surface area contributed by atoms with Crippen molar-refractivity contribution in [3.63, 3.8) is 0 Å². The van der Waals surface area contributed by atoms with E-state index in [0.29, 0.717) is 18.0 Å². The number of pyridine rings is 1. The van der Waals surface area contributed by atoms with Crippen LogP contribution in [0.4, 0.5) is 5.69 Å². The summed E-state index contributed by atoms with van der Waals surface area (Å²) in [7, 11) is 0. The second-order valence-corrected chi connectivity index (χ2v) is 5.14. The first-order chi connectivity index (χ1) is 9.06. The summed E-state index contributed by atoms with van der Waals surface area (Å²) in [4.78, 5) is 16.2. The van der Waals surface area contributed by atoms with Gasteiger partial charge in [0.25, 0.3) is 0 Å². The number of hydrogen-bond donors (Lipinski definition) is 2. The maximum absolute atomic E-state index is 11.9. The van der Waals surface area contributed by atoms with E-state index >= 15 is 0 Å². The molecule has 4 nitrogen and oxygen atoms in total. The van der Waals surface area contributed by atoms with E-state index in [1.165, 1.54) is 0 Å². The molecule has 0 fully saturated rings. The number of aromatic nitrogens is 1. The Hall–Kier alpha value is -1.94. The normalized spacial score (nSPS) is 12.6. The van der Waals surface area contributed by atoms with Crippen LogP contribution in [-0.4, -0.2) is 16.9 Å². The van der Waals surface area contributed by atoms with Crippen molar-refractivity contribution in [2.24, 2.45) is 11.7 Å². The molecule has 1 aromatic heterocycles. The van der Waals surface area contributed by atoms with Crippen LogP contribution in [-0.2, 0) is 4.79 Å². The van der Waals surface area contributed by atoms with Crippen molar-refractivity contribution >= 4 is 22.5 Å². The van der Waals surface area contributed by atoms with Gasteiger partial charge in [-0.25, -0.2) is 0 Å². The van der Waals surface area contributed by atoms with Crippen molar-refractivity contribution in [2.45, 2.75) is 26.3 Å². The molecule has 0 aliphatic heterocycles. The van der Waals surface area contributed by atoms with Gasteiger partial charge in [0.15, 0.2) is 0 Å². The quantitative estimate of drug-likeness (QED) is 0.884. The van der Waals surface area contributed by atoms with Gasteiger partial charge in [-0.1, -0.05) is 32.0 Å². The van der Waals surface area contributed by atoms with E-state index < -0.39 is 6.04 Å². The third kappa shape index (κ3) is 3.51. The largest absolute Gasteiger partial charge is 0.323 e. The lowest BCUT2D eigenvalue weighted by Crippen LogP contribution is -2.36. The Labute approximate surface area is 113 Å². The average Bonchev–Trinajstić information content (AvgIpc) is 2.37. The fraction of sp³-hybridized carbons (Fsp3) is 0.333. The molecule has 1 heterocycles. The molecule has 0 aliphatic rings. The summed E-state index contributed by atoms with van der Waals surface area (Å²) in [5, 5.41) is 3.81. The van der Waals surface area contributed by atoms with Gasteiger partial charge in [-0.2, -0.15) is 0 Å². The highest BCUT2D eigenvalue weighted by atomic mass is 16.2. The minimum atomic E-state index is -0.480. The van der Waals surface area contributed by atoms with E-state index in [0.717, 1.165) is 10.9 Å². The minimum absolute atomic E-state index is 0.161. The highest BCUT2D eigenvalue weighted by Gasteiger charge is 2.15. The number of benzene rings is 1. The average molecular weight is 257 g/mol. The van der Waals surface area contributed by atoms with E-state index in [-0.39, 0.29) is 5.91 Å². The Bertz CT molecular complexity index is 580. The summed E-state index contributed by atoms with van der Waals surface area (Å²) in [5.41, 5.74) is 7.44. The van der Waals surface area contributed by atoms with Crippen LogP contribution in [0.15, 0.2) is 36.5 Å². The molecule has 0 saturated heterocycles. The first kappa shape index (κ1) is 13.5. The number of anilines is 1. The van der Waals surface area contributed by atoms with Gasteiger partial charge >= 0.3 is 0 Å². The van der Waals surface area contributed by atoms with E-state index in [9.17, 15) is 4.79 Å². The monoisotopic (exact) mass is 257 g/mol. The van der Waals surface area contributed by atoms with Crippen molar-refractivity contribution in [1.29, 1.82) is 0 Å². The van der Waals surface area contributed by atoms with E-state index in [1.54, 1.807) is 6.20 Å². The zero-order valence-corrected chi connectivity index (χ0v) is 11.3. The van der Waals surface area contributed by atoms with Crippen LogP contribution in [0.2, 0.25) is 0 Å². The van der Waals surface area contributed by atoms with Gasteiger partial charge in [0.05, 0.1) is 23.4 Å². The van der Waals surface area contributed by atoms with Crippen molar-refractivity contribution in [1.82, 2.24) is 4.98 Å². The number of carbonyl (C=O) groups excluding carboxylic acids is 1. The van der Waals surface area contributed by atoms with Gasteiger partial charge in [0.1, 0.15) is 0 Å². The predicted molar refractivity (Wildman–Crippen MR) is 77.8 cm³/mol. The summed E-state index contributed by atoms with van der Waals surface area (Å²) in [5.74, 6) is 0.237. The molecule has 1 amide bonds. The highest BCUT2D eigenvalue weighted by molar-refractivity contribution is 5.96. The maximum atomic E-state index is 11.9. The fourth-order valence-electron chi connectivity index (χ4n) is 1.99. The minimum Gasteiger partial charge on any atom is -0.323 e. The van der Waals surface area contributed by atoms with E-state index in [4.69, 9.17) is 5.73 Å². The molecular formula is C15H19N3O. The number of para-hydroxylation sites is 1. The Kier molecular flexibility index (Phi) is 4.12. The van der Waals surface area contributed by atoms with Crippen LogP contribution < -0.4 is 11.1 Å². The molecule has 0 unspecified atom stereocenters. The third-order valence-electron chi connectivity index (χ3n) is 2.92. The number of rotatable bonds is 4. The molecule has 3 N–H and O–H groups in total. The van der Waals surface area contributed by atoms with Gasteiger partial charge < -0.3 is 11.1 Å². The van der Waals surface area contributed by atoms with Gasteiger partial charge in [-0.15, -0.1) is 0 Å². The molecule has 0 saturated carbocycles. The lowest BCUT2D eigenvalue weighted by Gasteiger charge is -2.14. The topological polar surface area (TPSA) is 68.0 Å². The number of nitrogens with zero attached hydrogens (tertiary/aromatic N) is 1. The zero-order chi connectivity index (χ0) is 13.8. The van der Waals surface area contributed by atoms with E-state index in [1.807, 2.05) is 44.2 Å². The van der Waals surface area contributed by atoms with Crippen LogP contribution >= 0.6 is 0 Å². The lowest BCUT2D eigenvalue weighted by molar-refractivity contribution is -0.117. The summed E-state index contributed by atoms with van der Waals surface area (Å²) in [6.07, 6.45) is 2.33. The number of nitrogens with one attached hydrogen (secondary N) is 1. The molecule has 0 aliphatic carbocycles. The Balaban J connectivity index is 2.10. The SMILES string of the molecule is CC(C)C[C@H](N)C(=O)Nc1cnc2ccccc2c1. The van der Waals surface area contributed by atoms with Crippen molar-refractivity contribution in [3.8, 4) is 0 Å². The number of carbonyl (C=O) groups is 1. The zero-order valence-electron chi connectivity index (χ0n) is 11.3. The highest BCUT2D eigenvalue weighted by Crippen LogP contribution is 2.16. The second kappa shape index (κ2) is 5.80. The van der Waals surface area contributed by atoms with Gasteiger partial charge in [0.2, 0.25) is 5.91 Å². The number of amides is 1. The molecule has 100 valence electrons. The van der Waals surface area contributed by atoms with Crippen molar-refractivity contribution in [3.05, 3.63) is 36.5 Å². The van der Waals surface area contributed by atoms with Crippen LogP contribution in [0.25, 0.3) is 10.9 Å². The Morgan fingerprint density at radius 1 is 1.37 bits per heavy atom. The Morgan fingerprint density at radius 2 is 2.11 bits per heavy atom. The molecular weight excluding hydrogens is 238 g/mol. The van der Waals surface area contributed by atoms with E-state index in [2.05, 4.69) is 10.3 Å². The fourth-order valence-corrected chi connectivity index (χ4v) is 1.99. The molecule has 0 bridgehead atoms. The lowest BCUT2D eigenvalue weighted by atomic mass is 10.0. The van der Waals surface area contributed by atoms with Crippen LogP contribution in [0.5, 0.6) is 0 Å². The summed E-state index contributed by atoms with van der Waals surface area (Å²) >= 11 is 0. The van der Waals surface area contributed by atoms with Gasteiger partial charge in [0, 0.05) is 5.39 Å². The standard InChI is InChI=1S/C15H19N3O/c1-10(2)7-13(16)15(19)18-12-8-11-5-3-4-6-14(11)17-9-12/h3-6,8-10,13H,7,16H2,1-2H3,(H,18,19)/t13-/m0/s1. The predicted octanol–water partition coefficient (Wildman–Crippen LogP) is 2.55. The molecule has 19 heavy (non-hydrogen) atoms. The summed E-state index contributed by atoms with van der Waals surface area (Å²) in [6.45, 7) is 4.09. The first-order valence-electron chi connectivity index (χ1n) is 6.47. The van der Waals surface area contributed by atoms with Crippen LogP contribution in [0.3, 0.4) is 0 Å². The molecule has 2 aromatic rings. The number of hydrogen-bond acceptors (Lipinski definition) is 3. The molecule has 1 atom stereocenters. The first-order valence-corrected chi connectivity index (χ1v) is 6.47. The third-order valence-corrected chi connectivity index (χ3v) is 2.92.